The van der Waals surface area contributed by atoms with Gasteiger partial charge in [0.2, 0.25) is 0 Å². The fourth-order valence-corrected chi connectivity index (χ4v) is 2.65. The molecule has 0 atom stereocenters. The average molecular weight is 465 g/mol. The largest absolute Gasteiger partial charge is 1.00 e. The van der Waals surface area contributed by atoms with Crippen molar-refractivity contribution < 1.29 is 54.2 Å². The van der Waals surface area contributed by atoms with Crippen LogP contribution < -0.4 is 24.8 Å². The fourth-order valence-electron chi connectivity index (χ4n) is 2.65. The Hall–Kier alpha value is -0.917. The summed E-state index contributed by atoms with van der Waals surface area (Å²) in [5.74, 6) is 0. The van der Waals surface area contributed by atoms with Crippen LogP contribution in [0.4, 0.5) is 0 Å². The number of halogens is 2. The number of aliphatic hydroxyl groups is 1. The molecule has 1 aliphatic rings. The summed E-state index contributed by atoms with van der Waals surface area (Å²) >= 11 is 1.51. The number of allylic oxidation sites excluding steroid dienone is 3. The zero-order valence-corrected chi connectivity index (χ0v) is 18.7. The first-order valence-corrected chi connectivity index (χ1v) is 9.57. The minimum absolute atomic E-state index is 0. The second kappa shape index (κ2) is 14.2. The predicted molar refractivity (Wildman–Crippen MR) is 101 cm³/mol. The second-order valence-corrected chi connectivity index (χ2v) is 6.81. The molecule has 0 aromatic heterocycles. The van der Waals surface area contributed by atoms with Crippen LogP contribution in [-0.2, 0) is 24.2 Å². The average Bonchev–Trinajstić information content (AvgIpc) is 3.24. The Balaban J connectivity index is 0.000000421. The molecule has 3 aromatic carbocycles. The molecule has 0 radical (unpaired) electrons. The molecule has 0 amide bonds. The van der Waals surface area contributed by atoms with Crippen LogP contribution in [0.3, 0.4) is 0 Å². The van der Waals surface area contributed by atoms with Gasteiger partial charge < -0.3 is 29.9 Å². The van der Waals surface area contributed by atoms with E-state index in [1.165, 1.54) is 45.8 Å². The summed E-state index contributed by atoms with van der Waals surface area (Å²) in [4.78, 5) is 0. The SMILES string of the molecule is C[CH]=[Zr+2].OCCC1=[C-]CC=C1.[Cl-].[Cl-].c1ccc2c(c1)[cH-]c1ccccc12. The maximum Gasteiger partial charge on any atom is 0.0442 e. The summed E-state index contributed by atoms with van der Waals surface area (Å²) in [5, 5.41) is 13.8. The maximum absolute atomic E-state index is 8.43. The number of hydrogen-bond acceptors (Lipinski definition) is 1. The molecule has 3 aromatic rings. The number of hydrogen-bond donors (Lipinski definition) is 1. The number of aliphatic hydroxyl groups excluding tert-OH is 1. The Morgan fingerprint density at radius 1 is 1.04 bits per heavy atom. The first-order valence-electron chi connectivity index (χ1n) is 8.15. The van der Waals surface area contributed by atoms with Crippen molar-refractivity contribution in [1.82, 2.24) is 0 Å². The molecule has 4 heteroatoms. The third kappa shape index (κ3) is 7.37. The summed E-state index contributed by atoms with van der Waals surface area (Å²) in [7, 11) is 0. The summed E-state index contributed by atoms with van der Waals surface area (Å²) < 4.78 is 2.09. The number of rotatable bonds is 2. The van der Waals surface area contributed by atoms with Gasteiger partial charge in [0.25, 0.3) is 0 Å². The van der Waals surface area contributed by atoms with Gasteiger partial charge in [0, 0.05) is 6.61 Å². The summed E-state index contributed by atoms with van der Waals surface area (Å²) in [6.07, 6.45) is 8.85. The van der Waals surface area contributed by atoms with Crippen LogP contribution >= 0.6 is 0 Å². The first kappa shape index (κ1) is 25.1. The van der Waals surface area contributed by atoms with Gasteiger partial charge in [-0.2, -0.15) is 6.08 Å². The first-order chi connectivity index (χ1) is 11.8. The van der Waals surface area contributed by atoms with Crippen molar-refractivity contribution in [3.8, 4) is 0 Å². The van der Waals surface area contributed by atoms with Crippen molar-refractivity contribution in [2.45, 2.75) is 19.8 Å². The summed E-state index contributed by atoms with van der Waals surface area (Å²) in [6.45, 7) is 2.28. The van der Waals surface area contributed by atoms with E-state index in [-0.39, 0.29) is 31.4 Å². The molecule has 0 heterocycles. The van der Waals surface area contributed by atoms with Crippen LogP contribution in [-0.4, -0.2) is 15.4 Å². The number of fused-ring (bicyclic) bond motifs is 3. The predicted octanol–water partition coefficient (Wildman–Crippen LogP) is -0.867. The van der Waals surface area contributed by atoms with Gasteiger partial charge in [0.1, 0.15) is 0 Å². The van der Waals surface area contributed by atoms with Crippen LogP contribution in [0.25, 0.3) is 21.5 Å². The van der Waals surface area contributed by atoms with E-state index < -0.39 is 0 Å². The number of benzene rings is 2. The molecule has 0 bridgehead atoms. The van der Waals surface area contributed by atoms with Gasteiger partial charge in [-0.25, -0.2) is 11.6 Å². The Labute approximate surface area is 183 Å². The minimum Gasteiger partial charge on any atom is -1.00 e. The van der Waals surface area contributed by atoms with Crippen molar-refractivity contribution in [2.75, 3.05) is 6.61 Å². The monoisotopic (exact) mass is 462 g/mol. The van der Waals surface area contributed by atoms with Crippen molar-refractivity contribution >= 4 is 25.3 Å². The van der Waals surface area contributed by atoms with E-state index in [0.717, 1.165) is 18.4 Å². The standard InChI is InChI=1S/C13H9.C7H9O.C2H4.2ClH.Zr/c1-3-7-12-10(5-1)9-11-6-2-4-8-13(11)12;8-6-5-7-3-1-2-4-7;1-2;;;/h1-9H;1,3,8H,2,5-6H2;1H,2H3;2*1H;/q2*-1;;;;+2/p-2. The van der Waals surface area contributed by atoms with Crippen molar-refractivity contribution in [3.05, 3.63) is 78.4 Å². The molecule has 1 N–H and O–H groups in total. The summed E-state index contributed by atoms with van der Waals surface area (Å²) in [6, 6.07) is 19.3. The van der Waals surface area contributed by atoms with Crippen LogP contribution in [0.5, 0.6) is 0 Å². The molecule has 1 aliphatic carbocycles. The molecule has 26 heavy (non-hydrogen) atoms. The van der Waals surface area contributed by atoms with E-state index in [9.17, 15) is 0 Å². The topological polar surface area (TPSA) is 20.2 Å². The molecule has 0 saturated carbocycles. The van der Waals surface area contributed by atoms with E-state index in [1.54, 1.807) is 0 Å². The molecular formula is C22H22Cl2OZr-2. The Kier molecular flexibility index (Phi) is 13.7. The van der Waals surface area contributed by atoms with Crippen molar-refractivity contribution in [2.24, 2.45) is 0 Å². The molecule has 0 unspecified atom stereocenters. The molecule has 136 valence electrons. The van der Waals surface area contributed by atoms with E-state index >= 15 is 0 Å². The molecule has 0 aliphatic heterocycles. The molecule has 1 nitrogen and oxygen atoms in total. The van der Waals surface area contributed by atoms with Gasteiger partial charge in [-0.3, -0.25) is 6.08 Å². The minimum atomic E-state index is 0. The summed E-state index contributed by atoms with van der Waals surface area (Å²) in [5.41, 5.74) is 1.15. The van der Waals surface area contributed by atoms with Crippen LogP contribution in [0.15, 0.2) is 72.3 Å². The third-order valence-corrected chi connectivity index (χ3v) is 3.67. The van der Waals surface area contributed by atoms with Crippen molar-refractivity contribution in [3.63, 3.8) is 0 Å². The van der Waals surface area contributed by atoms with E-state index in [1.807, 2.05) is 19.1 Å². The smallest absolute Gasteiger partial charge is 0.0442 e. The van der Waals surface area contributed by atoms with E-state index in [4.69, 9.17) is 5.11 Å². The zero-order chi connectivity index (χ0) is 17.2. The fraction of sp³-hybridized carbons (Fsp3) is 0.182. The molecule has 0 saturated heterocycles. The van der Waals surface area contributed by atoms with Crippen molar-refractivity contribution in [1.29, 1.82) is 0 Å². The Bertz CT molecular complexity index is 799. The van der Waals surface area contributed by atoms with Gasteiger partial charge in [0.15, 0.2) is 0 Å². The van der Waals surface area contributed by atoms with Crippen LogP contribution in [0.2, 0.25) is 0 Å². The third-order valence-electron chi connectivity index (χ3n) is 3.67. The molecule has 0 spiro atoms. The van der Waals surface area contributed by atoms with Gasteiger partial charge >= 0.3 is 34.9 Å². The van der Waals surface area contributed by atoms with Gasteiger partial charge in [-0.1, -0.05) is 36.4 Å². The Morgan fingerprint density at radius 3 is 1.96 bits per heavy atom. The van der Waals surface area contributed by atoms with E-state index in [0.29, 0.717) is 0 Å². The van der Waals surface area contributed by atoms with Gasteiger partial charge in [-0.15, -0.1) is 46.2 Å². The maximum atomic E-state index is 8.43. The van der Waals surface area contributed by atoms with Gasteiger partial charge in [0.05, 0.1) is 0 Å². The van der Waals surface area contributed by atoms with Crippen LogP contribution in [0, 0.1) is 6.08 Å². The van der Waals surface area contributed by atoms with Gasteiger partial charge in [-0.05, 0) is 6.42 Å². The Morgan fingerprint density at radius 2 is 1.54 bits per heavy atom. The van der Waals surface area contributed by atoms with E-state index in [2.05, 4.69) is 64.4 Å². The molecule has 4 rings (SSSR count). The second-order valence-electron chi connectivity index (χ2n) is 5.39. The zero-order valence-electron chi connectivity index (χ0n) is 14.8. The quantitative estimate of drug-likeness (QED) is 0.490. The van der Waals surface area contributed by atoms with Crippen LogP contribution in [0.1, 0.15) is 19.8 Å². The normalized spacial score (nSPS) is 11.3. The molecular weight excluding hydrogens is 442 g/mol. The molecule has 0 fully saturated rings.